The van der Waals surface area contributed by atoms with Gasteiger partial charge in [-0.2, -0.15) is 0 Å². The Bertz CT molecular complexity index is 758. The van der Waals surface area contributed by atoms with Crippen LogP contribution in [0.3, 0.4) is 0 Å². The van der Waals surface area contributed by atoms with Crippen molar-refractivity contribution in [1.29, 1.82) is 0 Å². The molecule has 6 heteroatoms. The van der Waals surface area contributed by atoms with Crippen LogP contribution in [-0.2, 0) is 4.79 Å². The lowest BCUT2D eigenvalue weighted by molar-refractivity contribution is -0.116. The van der Waals surface area contributed by atoms with Gasteiger partial charge < -0.3 is 15.4 Å². The van der Waals surface area contributed by atoms with E-state index in [0.717, 1.165) is 12.8 Å². The first-order valence-electron chi connectivity index (χ1n) is 8.20. The molecule has 25 heavy (non-hydrogen) atoms. The van der Waals surface area contributed by atoms with E-state index in [1.54, 1.807) is 48.5 Å². The van der Waals surface area contributed by atoms with Crippen LogP contribution in [0.4, 0.5) is 5.69 Å². The van der Waals surface area contributed by atoms with Gasteiger partial charge in [0.1, 0.15) is 5.75 Å². The molecule has 2 aromatic carbocycles. The summed E-state index contributed by atoms with van der Waals surface area (Å²) in [6, 6.07) is 14.2. The molecule has 1 fully saturated rings. The molecule has 0 saturated heterocycles. The number of amides is 2. The SMILES string of the molecule is O=C(CCOc1ccc(Cl)cc1)Nc1ccccc1C(=O)NC1CC1. The molecule has 0 heterocycles. The Balaban J connectivity index is 1.52. The molecule has 2 amide bonds. The Morgan fingerprint density at radius 2 is 1.80 bits per heavy atom. The van der Waals surface area contributed by atoms with Gasteiger partial charge in [0.05, 0.1) is 24.3 Å². The summed E-state index contributed by atoms with van der Waals surface area (Å²) in [5, 5.41) is 6.34. The molecule has 5 nitrogen and oxygen atoms in total. The molecule has 0 aliphatic heterocycles. The summed E-state index contributed by atoms with van der Waals surface area (Å²) in [7, 11) is 0. The lowest BCUT2D eigenvalue weighted by atomic mass is 10.1. The van der Waals surface area contributed by atoms with E-state index in [4.69, 9.17) is 16.3 Å². The molecule has 0 unspecified atom stereocenters. The first-order chi connectivity index (χ1) is 12.1. The van der Waals surface area contributed by atoms with Gasteiger partial charge in [0, 0.05) is 11.1 Å². The van der Waals surface area contributed by atoms with E-state index >= 15 is 0 Å². The summed E-state index contributed by atoms with van der Waals surface area (Å²) in [4.78, 5) is 24.3. The summed E-state index contributed by atoms with van der Waals surface area (Å²) in [6.07, 6.45) is 2.21. The number of hydrogen-bond donors (Lipinski definition) is 2. The number of benzene rings is 2. The van der Waals surface area contributed by atoms with Crippen LogP contribution in [0.5, 0.6) is 5.75 Å². The van der Waals surface area contributed by atoms with Crippen molar-refractivity contribution >= 4 is 29.1 Å². The molecule has 1 aliphatic carbocycles. The van der Waals surface area contributed by atoms with Crippen molar-refractivity contribution in [3.8, 4) is 5.75 Å². The number of hydrogen-bond acceptors (Lipinski definition) is 3. The number of halogens is 1. The molecule has 0 aromatic heterocycles. The van der Waals surface area contributed by atoms with Crippen LogP contribution >= 0.6 is 11.6 Å². The van der Waals surface area contributed by atoms with Gasteiger partial charge in [-0.15, -0.1) is 0 Å². The highest BCUT2D eigenvalue weighted by Gasteiger charge is 2.24. The summed E-state index contributed by atoms with van der Waals surface area (Å²) in [5.74, 6) is 0.290. The predicted octanol–water partition coefficient (Wildman–Crippen LogP) is 3.64. The van der Waals surface area contributed by atoms with Crippen molar-refractivity contribution in [2.45, 2.75) is 25.3 Å². The molecule has 1 saturated carbocycles. The maximum atomic E-state index is 12.2. The van der Waals surface area contributed by atoms with E-state index < -0.39 is 0 Å². The van der Waals surface area contributed by atoms with E-state index in [9.17, 15) is 9.59 Å². The topological polar surface area (TPSA) is 67.4 Å². The highest BCUT2D eigenvalue weighted by atomic mass is 35.5. The lowest BCUT2D eigenvalue weighted by Crippen LogP contribution is -2.27. The Labute approximate surface area is 151 Å². The monoisotopic (exact) mass is 358 g/mol. The van der Waals surface area contributed by atoms with Crippen molar-refractivity contribution in [3.05, 3.63) is 59.1 Å². The second-order valence-electron chi connectivity index (χ2n) is 5.89. The highest BCUT2D eigenvalue weighted by molar-refractivity contribution is 6.30. The minimum absolute atomic E-state index is 0.157. The normalized spacial score (nSPS) is 13.2. The minimum Gasteiger partial charge on any atom is -0.493 e. The third-order valence-corrected chi connectivity index (χ3v) is 4.02. The molecule has 0 radical (unpaired) electrons. The van der Waals surface area contributed by atoms with Gasteiger partial charge in [-0.3, -0.25) is 9.59 Å². The van der Waals surface area contributed by atoms with Gasteiger partial charge in [0.25, 0.3) is 5.91 Å². The maximum Gasteiger partial charge on any atom is 0.253 e. The van der Waals surface area contributed by atoms with Gasteiger partial charge >= 0.3 is 0 Å². The van der Waals surface area contributed by atoms with Gasteiger partial charge in [-0.1, -0.05) is 23.7 Å². The van der Waals surface area contributed by atoms with Gasteiger partial charge in [-0.05, 0) is 49.2 Å². The first kappa shape index (κ1) is 17.3. The fourth-order valence-electron chi connectivity index (χ4n) is 2.29. The fourth-order valence-corrected chi connectivity index (χ4v) is 2.41. The zero-order chi connectivity index (χ0) is 17.6. The third kappa shape index (κ3) is 5.22. The van der Waals surface area contributed by atoms with Crippen LogP contribution in [0.1, 0.15) is 29.6 Å². The highest BCUT2D eigenvalue weighted by Crippen LogP contribution is 2.21. The summed E-state index contributed by atoms with van der Waals surface area (Å²) in [6.45, 7) is 0.240. The predicted molar refractivity (Wildman–Crippen MR) is 97.1 cm³/mol. The molecule has 3 rings (SSSR count). The van der Waals surface area contributed by atoms with Gasteiger partial charge in [-0.25, -0.2) is 0 Å². The Morgan fingerprint density at radius 1 is 1.08 bits per heavy atom. The molecule has 2 aromatic rings. The number of ether oxygens (including phenoxy) is 1. The average molecular weight is 359 g/mol. The van der Waals surface area contributed by atoms with Gasteiger partial charge in [0.15, 0.2) is 0 Å². The molecule has 0 atom stereocenters. The zero-order valence-electron chi connectivity index (χ0n) is 13.6. The second-order valence-corrected chi connectivity index (χ2v) is 6.33. The van der Waals surface area contributed by atoms with Crippen LogP contribution in [0.2, 0.25) is 5.02 Å². The molecule has 0 spiro atoms. The second kappa shape index (κ2) is 8.03. The zero-order valence-corrected chi connectivity index (χ0v) is 14.4. The number of carbonyl (C=O) groups is 2. The number of para-hydroxylation sites is 1. The summed E-state index contributed by atoms with van der Waals surface area (Å²) >= 11 is 5.81. The first-order valence-corrected chi connectivity index (χ1v) is 8.58. The molecule has 130 valence electrons. The Hall–Kier alpha value is -2.53. The van der Waals surface area contributed by atoms with Crippen LogP contribution in [0, 0.1) is 0 Å². The number of rotatable bonds is 7. The van der Waals surface area contributed by atoms with Crippen molar-refractivity contribution in [1.82, 2.24) is 5.32 Å². The molecular formula is C19H19ClN2O3. The van der Waals surface area contributed by atoms with E-state index in [0.29, 0.717) is 22.0 Å². The average Bonchev–Trinajstić information content (AvgIpc) is 3.41. The van der Waals surface area contributed by atoms with E-state index in [1.165, 1.54) is 0 Å². The van der Waals surface area contributed by atoms with Crippen LogP contribution in [0.25, 0.3) is 0 Å². The van der Waals surface area contributed by atoms with E-state index in [-0.39, 0.29) is 30.9 Å². The lowest BCUT2D eigenvalue weighted by Gasteiger charge is -2.11. The van der Waals surface area contributed by atoms with Crippen molar-refractivity contribution in [2.75, 3.05) is 11.9 Å². The quantitative estimate of drug-likeness (QED) is 0.794. The maximum absolute atomic E-state index is 12.2. The van der Waals surface area contributed by atoms with Crippen molar-refractivity contribution in [2.24, 2.45) is 0 Å². The molecule has 1 aliphatic rings. The minimum atomic E-state index is -0.208. The van der Waals surface area contributed by atoms with Crippen LogP contribution in [-0.4, -0.2) is 24.5 Å². The summed E-state index contributed by atoms with van der Waals surface area (Å²) < 4.78 is 5.51. The smallest absolute Gasteiger partial charge is 0.253 e. The number of carbonyl (C=O) groups excluding carboxylic acids is 2. The summed E-state index contributed by atoms with van der Waals surface area (Å²) in [5.41, 5.74) is 0.985. The van der Waals surface area contributed by atoms with Gasteiger partial charge in [0.2, 0.25) is 5.91 Å². The van der Waals surface area contributed by atoms with Crippen LogP contribution < -0.4 is 15.4 Å². The fraction of sp³-hybridized carbons (Fsp3) is 0.263. The molecular weight excluding hydrogens is 340 g/mol. The molecule has 0 bridgehead atoms. The van der Waals surface area contributed by atoms with Crippen molar-refractivity contribution < 1.29 is 14.3 Å². The standard InChI is InChI=1S/C19H19ClN2O3/c20-13-5-9-15(10-6-13)25-12-11-18(23)22-17-4-2-1-3-16(17)19(24)21-14-7-8-14/h1-6,9-10,14H,7-8,11-12H2,(H,21,24)(H,22,23). The van der Waals surface area contributed by atoms with Crippen LogP contribution in [0.15, 0.2) is 48.5 Å². The Morgan fingerprint density at radius 3 is 2.52 bits per heavy atom. The van der Waals surface area contributed by atoms with E-state index in [1.807, 2.05) is 0 Å². The molecule has 2 N–H and O–H groups in total. The Kier molecular flexibility index (Phi) is 5.56. The van der Waals surface area contributed by atoms with E-state index in [2.05, 4.69) is 10.6 Å². The number of nitrogens with one attached hydrogen (secondary N) is 2. The van der Waals surface area contributed by atoms with Crippen molar-refractivity contribution in [3.63, 3.8) is 0 Å². The largest absolute Gasteiger partial charge is 0.493 e. The number of anilines is 1. The third-order valence-electron chi connectivity index (χ3n) is 3.77.